The summed E-state index contributed by atoms with van der Waals surface area (Å²) in [7, 11) is -3.88. The van der Waals surface area contributed by atoms with Gasteiger partial charge >= 0.3 is 0 Å². The summed E-state index contributed by atoms with van der Waals surface area (Å²) in [5.41, 5.74) is 1.67. The van der Waals surface area contributed by atoms with Gasteiger partial charge in [-0.1, -0.05) is 30.3 Å². The van der Waals surface area contributed by atoms with Crippen molar-refractivity contribution in [2.75, 3.05) is 5.75 Å². The predicted octanol–water partition coefficient (Wildman–Crippen LogP) is 2.53. The van der Waals surface area contributed by atoms with Gasteiger partial charge in [0.1, 0.15) is 0 Å². The number of pyridine rings is 1. The maximum absolute atomic E-state index is 10.5. The molecule has 0 spiro atoms. The molecule has 0 amide bonds. The number of aromatic nitrogens is 1. The molecule has 0 aliphatic rings. The smallest absolute Gasteiger partial charge is 0.265 e. The van der Waals surface area contributed by atoms with Crippen LogP contribution < -0.4 is 0 Å². The Kier molecular flexibility index (Phi) is 3.74. The Bertz CT molecular complexity index is 677. The number of nitrogens with zero attached hydrogens (tertiary/aromatic N) is 1. The van der Waals surface area contributed by atoms with Crippen molar-refractivity contribution in [1.29, 1.82) is 0 Å². The van der Waals surface area contributed by atoms with Crippen LogP contribution in [0, 0.1) is 0 Å². The average molecular weight is 263 g/mol. The Hall–Kier alpha value is -1.72. The Morgan fingerprint density at radius 2 is 1.94 bits per heavy atom. The second kappa shape index (κ2) is 5.29. The molecule has 1 heterocycles. The van der Waals surface area contributed by atoms with E-state index in [1.807, 2.05) is 36.4 Å². The van der Waals surface area contributed by atoms with Gasteiger partial charge < -0.3 is 0 Å². The van der Waals surface area contributed by atoms with E-state index >= 15 is 0 Å². The monoisotopic (exact) mass is 263 g/mol. The van der Waals surface area contributed by atoms with Crippen LogP contribution in [0.15, 0.2) is 42.5 Å². The molecule has 0 unspecified atom stereocenters. The molecule has 18 heavy (non-hydrogen) atoms. The van der Waals surface area contributed by atoms with E-state index < -0.39 is 10.1 Å². The summed E-state index contributed by atoms with van der Waals surface area (Å²) in [6.07, 6.45) is 3.70. The van der Waals surface area contributed by atoms with E-state index in [1.54, 1.807) is 12.2 Å². The molecule has 0 aliphatic carbocycles. The number of hydrogen-bond donors (Lipinski definition) is 1. The third kappa shape index (κ3) is 3.65. The number of fused-ring (bicyclic) bond motifs is 1. The van der Waals surface area contributed by atoms with Crippen LogP contribution in [0.2, 0.25) is 0 Å². The highest BCUT2D eigenvalue weighted by Gasteiger charge is 2.00. The van der Waals surface area contributed by atoms with E-state index in [0.29, 0.717) is 0 Å². The summed E-state index contributed by atoms with van der Waals surface area (Å²) >= 11 is 0. The minimum Gasteiger partial charge on any atom is -0.286 e. The number of rotatable bonds is 4. The van der Waals surface area contributed by atoms with Crippen LogP contribution in [0.4, 0.5) is 0 Å². The van der Waals surface area contributed by atoms with E-state index in [2.05, 4.69) is 4.98 Å². The Morgan fingerprint density at radius 3 is 2.72 bits per heavy atom. The van der Waals surface area contributed by atoms with Crippen LogP contribution in [-0.4, -0.2) is 23.7 Å². The molecule has 1 aromatic carbocycles. The third-order valence-electron chi connectivity index (χ3n) is 2.45. The molecule has 2 aromatic rings. The Morgan fingerprint density at radius 1 is 1.17 bits per heavy atom. The van der Waals surface area contributed by atoms with E-state index in [0.717, 1.165) is 16.6 Å². The molecule has 94 valence electrons. The van der Waals surface area contributed by atoms with Crippen LogP contribution in [0.3, 0.4) is 0 Å². The van der Waals surface area contributed by atoms with Crippen LogP contribution in [-0.2, 0) is 10.1 Å². The molecule has 0 fully saturated rings. The molecule has 4 nitrogen and oxygen atoms in total. The highest BCUT2D eigenvalue weighted by molar-refractivity contribution is 7.85. The second-order valence-corrected chi connectivity index (χ2v) is 5.48. The number of para-hydroxylation sites is 1. The number of hydrogen-bond acceptors (Lipinski definition) is 3. The second-order valence-electron chi connectivity index (χ2n) is 3.91. The number of benzene rings is 1. The molecule has 2 rings (SSSR count). The van der Waals surface area contributed by atoms with Gasteiger partial charge in [-0.2, -0.15) is 8.42 Å². The van der Waals surface area contributed by atoms with Gasteiger partial charge in [-0.05, 0) is 24.6 Å². The standard InChI is InChI=1S/C13H13NO3S/c15-18(16,17)10-4-3-6-12-9-8-11-5-1-2-7-13(11)14-12/h1-3,5-9H,4,10H2,(H,15,16,17)/b6-3+. The summed E-state index contributed by atoms with van der Waals surface area (Å²) in [6, 6.07) is 11.6. The zero-order valence-corrected chi connectivity index (χ0v) is 10.5. The first kappa shape index (κ1) is 12.7. The molecule has 0 atom stereocenters. The van der Waals surface area contributed by atoms with Gasteiger partial charge in [0.05, 0.1) is 17.0 Å². The fourth-order valence-corrected chi connectivity index (χ4v) is 2.03. The van der Waals surface area contributed by atoms with E-state index in [-0.39, 0.29) is 12.2 Å². The van der Waals surface area contributed by atoms with Crippen molar-refractivity contribution in [3.05, 3.63) is 48.2 Å². The maximum atomic E-state index is 10.5. The molecule has 5 heteroatoms. The SMILES string of the molecule is O=S(=O)(O)CC/C=C/c1ccc2ccccc2n1. The lowest BCUT2D eigenvalue weighted by atomic mass is 10.2. The van der Waals surface area contributed by atoms with Crippen molar-refractivity contribution < 1.29 is 13.0 Å². The van der Waals surface area contributed by atoms with Crippen LogP contribution >= 0.6 is 0 Å². The quantitative estimate of drug-likeness (QED) is 0.861. The first-order valence-corrected chi connectivity index (χ1v) is 7.13. The summed E-state index contributed by atoms with van der Waals surface area (Å²) in [5.74, 6) is -0.267. The lowest BCUT2D eigenvalue weighted by molar-refractivity contribution is 0.483. The largest absolute Gasteiger partial charge is 0.286 e. The first-order chi connectivity index (χ1) is 8.54. The van der Waals surface area contributed by atoms with E-state index in [4.69, 9.17) is 4.55 Å². The topological polar surface area (TPSA) is 67.3 Å². The predicted molar refractivity (Wildman–Crippen MR) is 71.8 cm³/mol. The highest BCUT2D eigenvalue weighted by atomic mass is 32.2. The van der Waals surface area contributed by atoms with Crippen molar-refractivity contribution in [3.63, 3.8) is 0 Å². The molecule has 0 saturated heterocycles. The van der Waals surface area contributed by atoms with Gasteiger partial charge in [0, 0.05) is 5.39 Å². The molecule has 1 aromatic heterocycles. The summed E-state index contributed by atoms with van der Waals surface area (Å²) in [5, 5.41) is 1.06. The Labute approximate surface area is 106 Å². The molecular weight excluding hydrogens is 250 g/mol. The fraction of sp³-hybridized carbons (Fsp3) is 0.154. The molecule has 0 bridgehead atoms. The molecule has 0 aliphatic heterocycles. The summed E-state index contributed by atoms with van der Waals surface area (Å²) in [4.78, 5) is 4.41. The van der Waals surface area contributed by atoms with Gasteiger partial charge in [-0.3, -0.25) is 4.55 Å². The number of allylic oxidation sites excluding steroid dienone is 1. The zero-order chi connectivity index (χ0) is 13.0. The lowest BCUT2D eigenvalue weighted by Crippen LogP contribution is -2.01. The first-order valence-electron chi connectivity index (χ1n) is 5.52. The molecule has 0 radical (unpaired) electrons. The van der Waals surface area contributed by atoms with Crippen molar-refractivity contribution in [2.45, 2.75) is 6.42 Å². The van der Waals surface area contributed by atoms with Gasteiger partial charge in [-0.25, -0.2) is 4.98 Å². The van der Waals surface area contributed by atoms with Crippen LogP contribution in [0.5, 0.6) is 0 Å². The van der Waals surface area contributed by atoms with Crippen molar-refractivity contribution >= 4 is 27.1 Å². The molecule has 0 saturated carbocycles. The molecule has 1 N–H and O–H groups in total. The van der Waals surface area contributed by atoms with Crippen molar-refractivity contribution in [2.24, 2.45) is 0 Å². The minimum atomic E-state index is -3.88. The van der Waals surface area contributed by atoms with Gasteiger partial charge in [-0.15, -0.1) is 0 Å². The van der Waals surface area contributed by atoms with Gasteiger partial charge in [0.15, 0.2) is 0 Å². The van der Waals surface area contributed by atoms with E-state index in [9.17, 15) is 8.42 Å². The van der Waals surface area contributed by atoms with Crippen molar-refractivity contribution in [3.8, 4) is 0 Å². The zero-order valence-electron chi connectivity index (χ0n) is 9.65. The third-order valence-corrected chi connectivity index (χ3v) is 3.20. The van der Waals surface area contributed by atoms with E-state index in [1.165, 1.54) is 0 Å². The van der Waals surface area contributed by atoms with Crippen molar-refractivity contribution in [1.82, 2.24) is 4.98 Å². The summed E-state index contributed by atoms with van der Waals surface area (Å²) < 4.78 is 29.6. The normalized spacial score (nSPS) is 12.3. The lowest BCUT2D eigenvalue weighted by Gasteiger charge is -1.98. The average Bonchev–Trinajstić information content (AvgIpc) is 2.33. The Balaban J connectivity index is 2.10. The maximum Gasteiger partial charge on any atom is 0.265 e. The fourth-order valence-electron chi connectivity index (χ4n) is 1.60. The molecular formula is C13H13NO3S. The van der Waals surface area contributed by atoms with Gasteiger partial charge in [0.25, 0.3) is 10.1 Å². The summed E-state index contributed by atoms with van der Waals surface area (Å²) in [6.45, 7) is 0. The van der Waals surface area contributed by atoms with Crippen LogP contribution in [0.25, 0.3) is 17.0 Å². The van der Waals surface area contributed by atoms with Gasteiger partial charge in [0.2, 0.25) is 0 Å². The minimum absolute atomic E-state index is 0.267. The highest BCUT2D eigenvalue weighted by Crippen LogP contribution is 2.12. The van der Waals surface area contributed by atoms with Crippen LogP contribution in [0.1, 0.15) is 12.1 Å².